The molecule has 0 atom stereocenters. The van der Waals surface area contributed by atoms with Crippen LogP contribution < -0.4 is 0 Å². The highest BCUT2D eigenvalue weighted by Crippen LogP contribution is 2.32. The Bertz CT molecular complexity index is 1180. The minimum absolute atomic E-state index is 0.0540. The molecule has 0 saturated heterocycles. The van der Waals surface area contributed by atoms with Crippen LogP contribution in [-0.4, -0.2) is 11.6 Å². The van der Waals surface area contributed by atoms with Crippen molar-refractivity contribution in [3.05, 3.63) is 117 Å². The van der Waals surface area contributed by atoms with Gasteiger partial charge in [0.1, 0.15) is 0 Å². The van der Waals surface area contributed by atoms with Crippen LogP contribution >= 0.6 is 0 Å². The van der Waals surface area contributed by atoms with Gasteiger partial charge in [-0.3, -0.25) is 9.59 Å². The van der Waals surface area contributed by atoms with E-state index >= 15 is 0 Å². The SMILES string of the molecule is Cc1ccc(C(=O)c2c(C)ccc3ccc(C)c(C(=O)c4ccc(C)cc4)c23)cc1. The van der Waals surface area contributed by atoms with Crippen molar-refractivity contribution in [2.75, 3.05) is 0 Å². The summed E-state index contributed by atoms with van der Waals surface area (Å²) in [4.78, 5) is 27.1. The lowest BCUT2D eigenvalue weighted by Crippen LogP contribution is -2.11. The molecule has 0 aliphatic heterocycles. The molecule has 4 aromatic carbocycles. The first-order valence-electron chi connectivity index (χ1n) is 10.1. The van der Waals surface area contributed by atoms with Crippen molar-refractivity contribution in [1.29, 1.82) is 0 Å². The molecule has 4 aromatic rings. The lowest BCUT2D eigenvalue weighted by molar-refractivity contribution is 0.103. The Morgan fingerprint density at radius 3 is 1.23 bits per heavy atom. The molecule has 4 rings (SSSR count). The maximum absolute atomic E-state index is 13.5. The standard InChI is InChI=1S/C28H24O2/c1-17-5-11-22(12-6-17)27(29)24-19(3)9-15-21-16-10-20(4)25(26(21)24)28(30)23-13-7-18(2)8-14-23/h5-16H,1-4H3. The third-order valence-electron chi connectivity index (χ3n) is 5.68. The first kappa shape index (κ1) is 19.8. The van der Waals surface area contributed by atoms with Gasteiger partial charge in [-0.05, 0) is 44.2 Å². The Labute approximate surface area is 177 Å². The van der Waals surface area contributed by atoms with Gasteiger partial charge in [0.05, 0.1) is 0 Å². The molecule has 0 aromatic heterocycles. The van der Waals surface area contributed by atoms with Crippen LogP contribution in [0, 0.1) is 27.7 Å². The second-order valence-corrected chi connectivity index (χ2v) is 8.00. The van der Waals surface area contributed by atoms with Crippen molar-refractivity contribution in [3.63, 3.8) is 0 Å². The summed E-state index contributed by atoms with van der Waals surface area (Å²) >= 11 is 0. The maximum atomic E-state index is 13.5. The summed E-state index contributed by atoms with van der Waals surface area (Å²) in [5.41, 5.74) is 6.43. The van der Waals surface area contributed by atoms with Crippen molar-refractivity contribution < 1.29 is 9.59 Å². The smallest absolute Gasteiger partial charge is 0.193 e. The van der Waals surface area contributed by atoms with Gasteiger partial charge in [-0.1, -0.05) is 83.9 Å². The van der Waals surface area contributed by atoms with E-state index in [4.69, 9.17) is 0 Å². The van der Waals surface area contributed by atoms with Crippen LogP contribution in [0.1, 0.15) is 54.1 Å². The normalized spacial score (nSPS) is 10.9. The van der Waals surface area contributed by atoms with Crippen molar-refractivity contribution in [1.82, 2.24) is 0 Å². The lowest BCUT2D eigenvalue weighted by Gasteiger charge is -2.16. The van der Waals surface area contributed by atoms with E-state index in [1.807, 2.05) is 100 Å². The number of hydrogen-bond acceptors (Lipinski definition) is 2. The van der Waals surface area contributed by atoms with Crippen LogP contribution in [0.25, 0.3) is 10.8 Å². The number of ketones is 2. The van der Waals surface area contributed by atoms with Gasteiger partial charge in [-0.15, -0.1) is 0 Å². The molecule has 148 valence electrons. The van der Waals surface area contributed by atoms with Gasteiger partial charge in [0.2, 0.25) is 0 Å². The fourth-order valence-electron chi connectivity index (χ4n) is 3.91. The Morgan fingerprint density at radius 2 is 0.867 bits per heavy atom. The zero-order valence-corrected chi connectivity index (χ0v) is 17.7. The topological polar surface area (TPSA) is 34.1 Å². The van der Waals surface area contributed by atoms with Crippen molar-refractivity contribution in [2.24, 2.45) is 0 Å². The van der Waals surface area contributed by atoms with Gasteiger partial charge in [0.15, 0.2) is 11.6 Å². The van der Waals surface area contributed by atoms with Gasteiger partial charge in [-0.2, -0.15) is 0 Å². The van der Waals surface area contributed by atoms with Crippen LogP contribution in [0.4, 0.5) is 0 Å². The van der Waals surface area contributed by atoms with E-state index in [9.17, 15) is 9.59 Å². The summed E-state index contributed by atoms with van der Waals surface area (Å²) in [5, 5.41) is 1.64. The van der Waals surface area contributed by atoms with Crippen LogP contribution in [-0.2, 0) is 0 Å². The van der Waals surface area contributed by atoms with E-state index in [1.165, 1.54) is 0 Å². The number of rotatable bonds is 4. The fourth-order valence-corrected chi connectivity index (χ4v) is 3.91. The number of carbonyl (C=O) groups is 2. The van der Waals surface area contributed by atoms with E-state index in [0.29, 0.717) is 22.3 Å². The molecule has 0 spiro atoms. The predicted molar refractivity (Wildman–Crippen MR) is 123 cm³/mol. The second kappa shape index (κ2) is 7.72. The van der Waals surface area contributed by atoms with E-state index in [1.54, 1.807) is 0 Å². The summed E-state index contributed by atoms with van der Waals surface area (Å²) in [6.07, 6.45) is 0. The highest BCUT2D eigenvalue weighted by Gasteiger charge is 2.22. The zero-order chi connectivity index (χ0) is 21.4. The van der Waals surface area contributed by atoms with Crippen molar-refractivity contribution in [2.45, 2.75) is 27.7 Å². The van der Waals surface area contributed by atoms with Crippen LogP contribution in [0.15, 0.2) is 72.8 Å². The third-order valence-corrected chi connectivity index (χ3v) is 5.68. The first-order valence-corrected chi connectivity index (χ1v) is 10.1. The lowest BCUT2D eigenvalue weighted by atomic mass is 9.86. The zero-order valence-electron chi connectivity index (χ0n) is 17.7. The number of benzene rings is 4. The largest absolute Gasteiger partial charge is 0.289 e. The predicted octanol–water partition coefficient (Wildman–Crippen LogP) is 6.54. The van der Waals surface area contributed by atoms with Gasteiger partial charge >= 0.3 is 0 Å². The Morgan fingerprint density at radius 1 is 0.500 bits per heavy atom. The summed E-state index contributed by atoms with van der Waals surface area (Å²) in [7, 11) is 0. The quantitative estimate of drug-likeness (QED) is 0.370. The molecule has 0 N–H and O–H groups in total. The Balaban J connectivity index is 1.99. The molecule has 30 heavy (non-hydrogen) atoms. The molecular weight excluding hydrogens is 368 g/mol. The second-order valence-electron chi connectivity index (χ2n) is 8.00. The van der Waals surface area contributed by atoms with E-state index in [0.717, 1.165) is 33.0 Å². The monoisotopic (exact) mass is 392 g/mol. The van der Waals surface area contributed by atoms with Crippen LogP contribution in [0.2, 0.25) is 0 Å². The molecule has 2 nitrogen and oxygen atoms in total. The summed E-state index contributed by atoms with van der Waals surface area (Å²) in [6, 6.07) is 23.1. The summed E-state index contributed by atoms with van der Waals surface area (Å²) in [5.74, 6) is -0.108. The Kier molecular flexibility index (Phi) is 5.09. The highest BCUT2D eigenvalue weighted by atomic mass is 16.1. The minimum atomic E-state index is -0.0540. The molecule has 0 aliphatic carbocycles. The Hall–Kier alpha value is -3.52. The van der Waals surface area contributed by atoms with Crippen LogP contribution in [0.5, 0.6) is 0 Å². The highest BCUT2D eigenvalue weighted by molar-refractivity contribution is 6.25. The van der Waals surface area contributed by atoms with E-state index in [-0.39, 0.29) is 11.6 Å². The van der Waals surface area contributed by atoms with Crippen molar-refractivity contribution in [3.8, 4) is 0 Å². The molecular formula is C28H24O2. The molecule has 0 saturated carbocycles. The van der Waals surface area contributed by atoms with Crippen LogP contribution in [0.3, 0.4) is 0 Å². The average Bonchev–Trinajstić information content (AvgIpc) is 2.74. The molecule has 2 heteroatoms. The number of carbonyl (C=O) groups excluding carboxylic acids is 2. The molecule has 0 radical (unpaired) electrons. The van der Waals surface area contributed by atoms with E-state index < -0.39 is 0 Å². The van der Waals surface area contributed by atoms with Crippen molar-refractivity contribution >= 4 is 22.3 Å². The van der Waals surface area contributed by atoms with Gasteiger partial charge in [0, 0.05) is 27.6 Å². The first-order chi connectivity index (χ1) is 14.4. The molecule has 0 bridgehead atoms. The van der Waals surface area contributed by atoms with Gasteiger partial charge < -0.3 is 0 Å². The molecule has 0 unspecified atom stereocenters. The number of hydrogen-bond donors (Lipinski definition) is 0. The summed E-state index contributed by atoms with van der Waals surface area (Å²) < 4.78 is 0. The van der Waals surface area contributed by atoms with Gasteiger partial charge in [-0.25, -0.2) is 0 Å². The maximum Gasteiger partial charge on any atom is 0.193 e. The number of fused-ring (bicyclic) bond motifs is 1. The summed E-state index contributed by atoms with van der Waals surface area (Å²) in [6.45, 7) is 7.87. The fraction of sp³-hybridized carbons (Fsp3) is 0.143. The minimum Gasteiger partial charge on any atom is -0.289 e. The van der Waals surface area contributed by atoms with Gasteiger partial charge in [0.25, 0.3) is 0 Å². The van der Waals surface area contributed by atoms with E-state index in [2.05, 4.69) is 0 Å². The molecule has 0 fully saturated rings. The molecule has 0 amide bonds. The average molecular weight is 392 g/mol. The number of aryl methyl sites for hydroxylation is 4. The molecule has 0 heterocycles. The molecule has 0 aliphatic rings. The third kappa shape index (κ3) is 3.46.